The van der Waals surface area contributed by atoms with E-state index in [9.17, 15) is 4.79 Å². The Hall–Kier alpha value is -2.34. The molecule has 1 aromatic heterocycles. The van der Waals surface area contributed by atoms with Crippen molar-refractivity contribution in [1.29, 1.82) is 0 Å². The van der Waals surface area contributed by atoms with Gasteiger partial charge in [-0.1, -0.05) is 25.0 Å². The summed E-state index contributed by atoms with van der Waals surface area (Å²) in [4.78, 5) is 12.1. The molecule has 2 aromatic rings. The summed E-state index contributed by atoms with van der Waals surface area (Å²) in [6, 6.07) is 7.78. The van der Waals surface area contributed by atoms with Gasteiger partial charge in [0.25, 0.3) is 5.91 Å². The molecule has 1 aromatic carbocycles. The molecule has 6 nitrogen and oxygen atoms in total. The molecule has 1 aliphatic carbocycles. The molecular formula is C18H24N4O2. The normalized spacial score (nSPS) is 20.6. The highest BCUT2D eigenvalue weighted by Gasteiger charge is 2.23. The summed E-state index contributed by atoms with van der Waals surface area (Å²) in [5.41, 5.74) is 8.08. The van der Waals surface area contributed by atoms with Gasteiger partial charge in [-0.25, -0.2) is 0 Å². The lowest BCUT2D eigenvalue weighted by molar-refractivity contribution is -0.124. The molecule has 0 saturated heterocycles. The Morgan fingerprint density at radius 2 is 2.21 bits per heavy atom. The second-order valence-electron chi connectivity index (χ2n) is 6.34. The van der Waals surface area contributed by atoms with Crippen LogP contribution in [0, 0.1) is 0 Å². The average molecular weight is 328 g/mol. The van der Waals surface area contributed by atoms with Crippen molar-refractivity contribution >= 4 is 5.91 Å². The number of nitrogens with two attached hydrogens (primary N) is 1. The summed E-state index contributed by atoms with van der Waals surface area (Å²) >= 11 is 0. The van der Waals surface area contributed by atoms with Crippen LogP contribution in [0.15, 0.2) is 36.7 Å². The van der Waals surface area contributed by atoms with Gasteiger partial charge in [-0.15, -0.1) is 0 Å². The molecule has 0 aliphatic heterocycles. The van der Waals surface area contributed by atoms with Gasteiger partial charge in [0.15, 0.2) is 6.61 Å². The number of benzene rings is 1. The van der Waals surface area contributed by atoms with Crippen molar-refractivity contribution in [3.63, 3.8) is 0 Å². The Morgan fingerprint density at radius 3 is 2.96 bits per heavy atom. The first-order valence-electron chi connectivity index (χ1n) is 8.38. The number of aryl methyl sites for hydroxylation is 1. The van der Waals surface area contributed by atoms with Gasteiger partial charge < -0.3 is 15.8 Å². The molecule has 0 bridgehead atoms. The maximum atomic E-state index is 12.1. The molecule has 1 saturated carbocycles. The molecule has 1 amide bonds. The Kier molecular flexibility index (Phi) is 5.15. The van der Waals surface area contributed by atoms with E-state index in [1.807, 2.05) is 37.5 Å². The first-order chi connectivity index (χ1) is 11.6. The van der Waals surface area contributed by atoms with Crippen molar-refractivity contribution < 1.29 is 9.53 Å². The molecule has 6 heteroatoms. The number of hydrogen-bond acceptors (Lipinski definition) is 4. The highest BCUT2D eigenvalue weighted by atomic mass is 16.5. The third-order valence-corrected chi connectivity index (χ3v) is 4.41. The Balaban J connectivity index is 1.55. The standard InChI is InChI=1S/C18H24N4O2/c1-22-11-14(10-20-22)13-5-4-6-15(9-13)24-12-18(23)21-17-8-3-2-7-16(17)19/h4-6,9-11,16-17H,2-3,7-8,12,19H2,1H3,(H,21,23)/t16-,17-/m1/s1. The number of carbonyl (C=O) groups is 1. The van der Waals surface area contributed by atoms with Crippen LogP contribution >= 0.6 is 0 Å². The molecule has 0 radical (unpaired) electrons. The number of nitrogens with one attached hydrogen (secondary N) is 1. The number of ether oxygens (including phenoxy) is 1. The van der Waals surface area contributed by atoms with Gasteiger partial charge in [0, 0.05) is 30.9 Å². The molecule has 128 valence electrons. The van der Waals surface area contributed by atoms with Gasteiger partial charge in [0.1, 0.15) is 5.75 Å². The number of aromatic nitrogens is 2. The van der Waals surface area contributed by atoms with E-state index in [4.69, 9.17) is 10.5 Å². The summed E-state index contributed by atoms with van der Waals surface area (Å²) < 4.78 is 7.39. The van der Waals surface area contributed by atoms with Crippen molar-refractivity contribution in [3.8, 4) is 16.9 Å². The summed E-state index contributed by atoms with van der Waals surface area (Å²) in [5, 5.41) is 7.16. The minimum Gasteiger partial charge on any atom is -0.484 e. The molecule has 1 fully saturated rings. The number of hydrogen-bond donors (Lipinski definition) is 2. The molecule has 0 unspecified atom stereocenters. The van der Waals surface area contributed by atoms with E-state index in [2.05, 4.69) is 10.4 Å². The quantitative estimate of drug-likeness (QED) is 0.877. The minimum absolute atomic E-state index is 0.000285. The molecule has 24 heavy (non-hydrogen) atoms. The second kappa shape index (κ2) is 7.49. The number of nitrogens with zero attached hydrogens (tertiary/aromatic N) is 2. The predicted octanol–water partition coefficient (Wildman–Crippen LogP) is 1.85. The van der Waals surface area contributed by atoms with Crippen molar-refractivity contribution in [3.05, 3.63) is 36.7 Å². The average Bonchev–Trinajstić information content (AvgIpc) is 3.02. The van der Waals surface area contributed by atoms with Crippen LogP contribution in [0.4, 0.5) is 0 Å². The third kappa shape index (κ3) is 4.14. The van der Waals surface area contributed by atoms with Crippen LogP contribution in [0.2, 0.25) is 0 Å². The van der Waals surface area contributed by atoms with Crippen LogP contribution in [0.1, 0.15) is 25.7 Å². The van der Waals surface area contributed by atoms with Crippen LogP contribution in [-0.2, 0) is 11.8 Å². The van der Waals surface area contributed by atoms with Gasteiger partial charge in [0.05, 0.1) is 6.20 Å². The Bertz CT molecular complexity index is 698. The van der Waals surface area contributed by atoms with E-state index >= 15 is 0 Å². The monoisotopic (exact) mass is 328 g/mol. The maximum Gasteiger partial charge on any atom is 0.258 e. The fourth-order valence-corrected chi connectivity index (χ4v) is 3.07. The summed E-state index contributed by atoms with van der Waals surface area (Å²) in [5.74, 6) is 0.545. The van der Waals surface area contributed by atoms with Crippen LogP contribution in [0.25, 0.3) is 11.1 Å². The lowest BCUT2D eigenvalue weighted by atomic mass is 9.91. The molecule has 1 heterocycles. The Labute approximate surface area is 142 Å². The van der Waals surface area contributed by atoms with E-state index in [0.717, 1.165) is 36.8 Å². The smallest absolute Gasteiger partial charge is 0.258 e. The molecule has 2 atom stereocenters. The molecule has 3 rings (SSSR count). The predicted molar refractivity (Wildman–Crippen MR) is 92.5 cm³/mol. The topological polar surface area (TPSA) is 82.2 Å². The van der Waals surface area contributed by atoms with Crippen molar-refractivity contribution in [2.24, 2.45) is 12.8 Å². The zero-order valence-electron chi connectivity index (χ0n) is 13.9. The SMILES string of the molecule is Cn1cc(-c2cccc(OCC(=O)N[C@@H]3CCCC[C@H]3N)c2)cn1. The first-order valence-corrected chi connectivity index (χ1v) is 8.38. The largest absolute Gasteiger partial charge is 0.484 e. The third-order valence-electron chi connectivity index (χ3n) is 4.41. The van der Waals surface area contributed by atoms with E-state index in [-0.39, 0.29) is 24.6 Å². The molecule has 3 N–H and O–H groups in total. The van der Waals surface area contributed by atoms with E-state index < -0.39 is 0 Å². The summed E-state index contributed by atoms with van der Waals surface area (Å²) in [7, 11) is 1.88. The van der Waals surface area contributed by atoms with E-state index in [0.29, 0.717) is 5.75 Å². The highest BCUT2D eigenvalue weighted by molar-refractivity contribution is 5.78. The van der Waals surface area contributed by atoms with Gasteiger partial charge in [-0.05, 0) is 30.5 Å². The zero-order chi connectivity index (χ0) is 16.9. The molecule has 1 aliphatic rings. The maximum absolute atomic E-state index is 12.1. The van der Waals surface area contributed by atoms with Crippen molar-refractivity contribution in [1.82, 2.24) is 15.1 Å². The summed E-state index contributed by atoms with van der Waals surface area (Å²) in [6.07, 6.45) is 7.92. The van der Waals surface area contributed by atoms with Gasteiger partial charge in [-0.3, -0.25) is 9.48 Å². The fourth-order valence-electron chi connectivity index (χ4n) is 3.07. The minimum atomic E-state index is -0.121. The van der Waals surface area contributed by atoms with E-state index in [1.165, 1.54) is 0 Å². The van der Waals surface area contributed by atoms with Crippen LogP contribution in [-0.4, -0.2) is 34.4 Å². The van der Waals surface area contributed by atoms with Crippen LogP contribution < -0.4 is 15.8 Å². The number of amides is 1. The fraction of sp³-hybridized carbons (Fsp3) is 0.444. The molecule has 0 spiro atoms. The molecular weight excluding hydrogens is 304 g/mol. The van der Waals surface area contributed by atoms with E-state index in [1.54, 1.807) is 10.9 Å². The highest BCUT2D eigenvalue weighted by Crippen LogP contribution is 2.23. The van der Waals surface area contributed by atoms with Crippen molar-refractivity contribution in [2.75, 3.05) is 6.61 Å². The first kappa shape index (κ1) is 16.5. The lowest BCUT2D eigenvalue weighted by Gasteiger charge is -2.29. The Morgan fingerprint density at radius 1 is 1.38 bits per heavy atom. The van der Waals surface area contributed by atoms with Crippen molar-refractivity contribution in [2.45, 2.75) is 37.8 Å². The number of rotatable bonds is 5. The summed E-state index contributed by atoms with van der Waals surface area (Å²) in [6.45, 7) is -0.000285. The van der Waals surface area contributed by atoms with Crippen LogP contribution in [0.5, 0.6) is 5.75 Å². The van der Waals surface area contributed by atoms with Crippen LogP contribution in [0.3, 0.4) is 0 Å². The number of carbonyl (C=O) groups excluding carboxylic acids is 1. The second-order valence-corrected chi connectivity index (χ2v) is 6.34. The van der Waals surface area contributed by atoms with Gasteiger partial charge >= 0.3 is 0 Å². The lowest BCUT2D eigenvalue weighted by Crippen LogP contribution is -2.50. The zero-order valence-corrected chi connectivity index (χ0v) is 13.9. The van der Waals surface area contributed by atoms with Gasteiger partial charge in [0.2, 0.25) is 0 Å². The van der Waals surface area contributed by atoms with Gasteiger partial charge in [-0.2, -0.15) is 5.10 Å².